The van der Waals surface area contributed by atoms with Crippen molar-refractivity contribution in [2.24, 2.45) is 0 Å². The van der Waals surface area contributed by atoms with Crippen LogP contribution in [0.3, 0.4) is 0 Å². The molecule has 0 aliphatic carbocycles. The minimum absolute atomic E-state index is 0.506. The first-order valence-electron chi connectivity index (χ1n) is 4.42. The van der Waals surface area contributed by atoms with Gasteiger partial charge in [-0.15, -0.1) is 0 Å². The van der Waals surface area contributed by atoms with Crippen LogP contribution in [0, 0.1) is 13.8 Å². The summed E-state index contributed by atoms with van der Waals surface area (Å²) in [4.78, 5) is 4.18. The monoisotopic (exact) mass is 192 g/mol. The van der Waals surface area contributed by atoms with Crippen molar-refractivity contribution in [1.29, 1.82) is 0 Å². The molecule has 2 rings (SSSR count). The molecule has 0 spiro atoms. The van der Waals surface area contributed by atoms with Gasteiger partial charge in [0, 0.05) is 7.05 Å². The third kappa shape index (κ3) is 1.39. The van der Waals surface area contributed by atoms with Gasteiger partial charge in [-0.25, -0.2) is 0 Å². The first-order valence-corrected chi connectivity index (χ1v) is 4.42. The predicted molar refractivity (Wildman–Crippen MR) is 53.2 cm³/mol. The molecule has 0 saturated heterocycles. The van der Waals surface area contributed by atoms with Crippen molar-refractivity contribution in [3.63, 3.8) is 0 Å². The van der Waals surface area contributed by atoms with Crippen molar-refractivity contribution >= 4 is 6.01 Å². The second-order valence-electron chi connectivity index (χ2n) is 3.09. The smallest absolute Gasteiger partial charge is 0.295 e. The van der Waals surface area contributed by atoms with Crippen LogP contribution in [-0.2, 0) is 0 Å². The van der Waals surface area contributed by atoms with E-state index in [0.717, 1.165) is 11.5 Å². The Morgan fingerprint density at radius 2 is 2.00 bits per heavy atom. The molecule has 0 aliphatic heterocycles. The van der Waals surface area contributed by atoms with Gasteiger partial charge in [0.1, 0.15) is 5.76 Å². The van der Waals surface area contributed by atoms with Crippen molar-refractivity contribution in [1.82, 2.24) is 4.98 Å². The van der Waals surface area contributed by atoms with E-state index in [2.05, 4.69) is 10.3 Å². The minimum atomic E-state index is 0.506. The van der Waals surface area contributed by atoms with Crippen LogP contribution < -0.4 is 5.32 Å². The summed E-state index contributed by atoms with van der Waals surface area (Å²) >= 11 is 0. The van der Waals surface area contributed by atoms with Crippen molar-refractivity contribution in [2.45, 2.75) is 13.8 Å². The zero-order valence-electron chi connectivity index (χ0n) is 8.42. The van der Waals surface area contributed by atoms with Crippen LogP contribution in [0.25, 0.3) is 11.5 Å². The second kappa shape index (κ2) is 3.21. The van der Waals surface area contributed by atoms with Crippen LogP contribution >= 0.6 is 0 Å². The Morgan fingerprint density at radius 1 is 1.21 bits per heavy atom. The van der Waals surface area contributed by atoms with Gasteiger partial charge in [-0.05, 0) is 26.0 Å². The van der Waals surface area contributed by atoms with Gasteiger partial charge < -0.3 is 14.2 Å². The maximum absolute atomic E-state index is 5.45. The first-order chi connectivity index (χ1) is 6.70. The Hall–Kier alpha value is -1.71. The highest BCUT2D eigenvalue weighted by atomic mass is 16.4. The van der Waals surface area contributed by atoms with Crippen LogP contribution in [0.15, 0.2) is 21.0 Å². The molecule has 4 nitrogen and oxygen atoms in total. The van der Waals surface area contributed by atoms with Gasteiger partial charge >= 0.3 is 0 Å². The summed E-state index contributed by atoms with van der Waals surface area (Å²) in [7, 11) is 1.77. The summed E-state index contributed by atoms with van der Waals surface area (Å²) in [5.41, 5.74) is 0.823. The largest absolute Gasteiger partial charge is 0.458 e. The molecule has 0 unspecified atom stereocenters. The molecular formula is C10H12N2O2. The molecule has 0 bridgehead atoms. The van der Waals surface area contributed by atoms with Crippen LogP contribution in [0.1, 0.15) is 11.5 Å². The van der Waals surface area contributed by atoms with Crippen molar-refractivity contribution in [3.8, 4) is 11.5 Å². The second-order valence-corrected chi connectivity index (χ2v) is 3.09. The van der Waals surface area contributed by atoms with Crippen molar-refractivity contribution < 1.29 is 8.83 Å². The number of furan rings is 1. The quantitative estimate of drug-likeness (QED) is 0.794. The van der Waals surface area contributed by atoms with E-state index >= 15 is 0 Å². The molecule has 0 aromatic carbocycles. The third-order valence-corrected chi connectivity index (χ3v) is 1.97. The summed E-state index contributed by atoms with van der Waals surface area (Å²) in [5, 5.41) is 2.85. The highest BCUT2D eigenvalue weighted by Gasteiger charge is 2.13. The molecule has 2 aromatic heterocycles. The molecule has 4 heteroatoms. The third-order valence-electron chi connectivity index (χ3n) is 1.97. The summed E-state index contributed by atoms with van der Waals surface area (Å²) in [6.07, 6.45) is 0. The SMILES string of the molecule is CNc1nc(C)c(-c2ccc(C)o2)o1. The highest BCUT2D eigenvalue weighted by Crippen LogP contribution is 2.27. The van der Waals surface area contributed by atoms with Crippen LogP contribution in [0.4, 0.5) is 6.01 Å². The topological polar surface area (TPSA) is 51.2 Å². The molecule has 0 amide bonds. The van der Waals surface area contributed by atoms with E-state index in [0.29, 0.717) is 17.5 Å². The van der Waals surface area contributed by atoms with Crippen LogP contribution in [-0.4, -0.2) is 12.0 Å². The molecule has 2 aromatic rings. The fourth-order valence-corrected chi connectivity index (χ4v) is 1.29. The number of oxazole rings is 1. The number of hydrogen-bond donors (Lipinski definition) is 1. The Labute approximate surface area is 81.9 Å². The summed E-state index contributed by atoms with van der Waals surface area (Å²) in [6, 6.07) is 4.28. The van der Waals surface area contributed by atoms with Gasteiger partial charge in [0.05, 0.1) is 5.69 Å². The van der Waals surface area contributed by atoms with Gasteiger partial charge in [-0.3, -0.25) is 0 Å². The lowest BCUT2D eigenvalue weighted by molar-refractivity contribution is 0.510. The van der Waals surface area contributed by atoms with Gasteiger partial charge in [-0.2, -0.15) is 4.98 Å². The van der Waals surface area contributed by atoms with E-state index in [1.807, 2.05) is 26.0 Å². The van der Waals surface area contributed by atoms with E-state index in [9.17, 15) is 0 Å². The summed E-state index contributed by atoms with van der Waals surface area (Å²) in [6.45, 7) is 3.78. The molecule has 74 valence electrons. The lowest BCUT2D eigenvalue weighted by Crippen LogP contribution is -1.85. The minimum Gasteiger partial charge on any atom is -0.458 e. The number of aryl methyl sites for hydroxylation is 2. The number of nitrogens with zero attached hydrogens (tertiary/aromatic N) is 1. The van der Waals surface area contributed by atoms with Gasteiger partial charge in [0.2, 0.25) is 0 Å². The van der Waals surface area contributed by atoms with Gasteiger partial charge in [-0.1, -0.05) is 0 Å². The maximum atomic E-state index is 5.45. The molecular weight excluding hydrogens is 180 g/mol. The summed E-state index contributed by atoms with van der Waals surface area (Å²) in [5.74, 6) is 2.26. The lowest BCUT2D eigenvalue weighted by Gasteiger charge is -1.91. The molecule has 0 aliphatic rings. The maximum Gasteiger partial charge on any atom is 0.295 e. The molecule has 1 N–H and O–H groups in total. The number of rotatable bonds is 2. The normalized spacial score (nSPS) is 10.5. The fourth-order valence-electron chi connectivity index (χ4n) is 1.29. The number of nitrogens with one attached hydrogen (secondary N) is 1. The Balaban J connectivity index is 2.45. The van der Waals surface area contributed by atoms with E-state index in [-0.39, 0.29) is 0 Å². The summed E-state index contributed by atoms with van der Waals surface area (Å²) < 4.78 is 10.9. The van der Waals surface area contributed by atoms with E-state index in [4.69, 9.17) is 8.83 Å². The number of hydrogen-bond acceptors (Lipinski definition) is 4. The number of anilines is 1. The average Bonchev–Trinajstić information content (AvgIpc) is 2.71. The van der Waals surface area contributed by atoms with E-state index in [1.54, 1.807) is 7.05 Å². The average molecular weight is 192 g/mol. The molecule has 14 heavy (non-hydrogen) atoms. The fraction of sp³-hybridized carbons (Fsp3) is 0.300. The predicted octanol–water partition coefficient (Wildman–Crippen LogP) is 2.59. The zero-order chi connectivity index (χ0) is 10.1. The Morgan fingerprint density at radius 3 is 2.50 bits per heavy atom. The molecule has 0 saturated carbocycles. The van der Waals surface area contributed by atoms with Crippen molar-refractivity contribution in [2.75, 3.05) is 12.4 Å². The van der Waals surface area contributed by atoms with Gasteiger partial charge in [0.25, 0.3) is 6.01 Å². The molecule has 2 heterocycles. The Kier molecular flexibility index (Phi) is 2.04. The van der Waals surface area contributed by atoms with Crippen molar-refractivity contribution in [3.05, 3.63) is 23.6 Å². The van der Waals surface area contributed by atoms with E-state index < -0.39 is 0 Å². The molecule has 0 atom stereocenters. The molecule has 0 radical (unpaired) electrons. The first kappa shape index (κ1) is 8.87. The molecule has 0 fully saturated rings. The Bertz CT molecular complexity index is 443. The van der Waals surface area contributed by atoms with Gasteiger partial charge in [0.15, 0.2) is 11.5 Å². The van der Waals surface area contributed by atoms with Crippen LogP contribution in [0.2, 0.25) is 0 Å². The lowest BCUT2D eigenvalue weighted by atomic mass is 10.3. The highest BCUT2D eigenvalue weighted by molar-refractivity contribution is 5.54. The zero-order valence-corrected chi connectivity index (χ0v) is 8.42. The van der Waals surface area contributed by atoms with Crippen LogP contribution in [0.5, 0.6) is 0 Å². The van der Waals surface area contributed by atoms with E-state index in [1.165, 1.54) is 0 Å². The standard InChI is InChI=1S/C10H12N2O2/c1-6-4-5-8(13-6)9-7(2)12-10(11-3)14-9/h4-5H,1-3H3,(H,11,12). The number of aromatic nitrogens is 1.